The highest BCUT2D eigenvalue weighted by molar-refractivity contribution is 5.88. The van der Waals surface area contributed by atoms with Crippen molar-refractivity contribution in [3.63, 3.8) is 0 Å². The Morgan fingerprint density at radius 3 is 2.81 bits per heavy atom. The molecule has 0 aliphatic heterocycles. The highest BCUT2D eigenvalue weighted by atomic mass is 19.1. The number of halogens is 1. The molecule has 3 nitrogen and oxygen atoms in total. The van der Waals surface area contributed by atoms with Crippen LogP contribution in [0.2, 0.25) is 0 Å². The van der Waals surface area contributed by atoms with Crippen LogP contribution in [0.3, 0.4) is 0 Å². The van der Waals surface area contributed by atoms with Crippen LogP contribution in [0.15, 0.2) is 18.2 Å². The highest BCUT2D eigenvalue weighted by Crippen LogP contribution is 2.18. The number of anilines is 1. The fourth-order valence-corrected chi connectivity index (χ4v) is 1.54. The number of aromatic carboxylic acids is 1. The zero-order valence-electron chi connectivity index (χ0n) is 9.46. The molecule has 0 bridgehead atoms. The molecule has 0 aliphatic carbocycles. The third-order valence-corrected chi connectivity index (χ3v) is 2.34. The molecule has 0 heterocycles. The molecular weight excluding hydrogens is 209 g/mol. The molecule has 0 aliphatic rings. The maximum Gasteiger partial charge on any atom is 0.335 e. The topological polar surface area (TPSA) is 49.3 Å². The van der Waals surface area contributed by atoms with Crippen LogP contribution in [0.4, 0.5) is 10.1 Å². The monoisotopic (exact) mass is 225 g/mol. The Morgan fingerprint density at radius 1 is 1.56 bits per heavy atom. The summed E-state index contributed by atoms with van der Waals surface area (Å²) in [5.41, 5.74) is 0.341. The van der Waals surface area contributed by atoms with Crippen LogP contribution in [0.1, 0.15) is 37.0 Å². The van der Waals surface area contributed by atoms with Crippen LogP contribution in [-0.4, -0.2) is 17.1 Å². The lowest BCUT2D eigenvalue weighted by Gasteiger charge is -2.15. The van der Waals surface area contributed by atoms with Gasteiger partial charge >= 0.3 is 5.97 Å². The molecule has 1 aromatic rings. The Hall–Kier alpha value is -1.58. The van der Waals surface area contributed by atoms with Gasteiger partial charge in [0.25, 0.3) is 0 Å². The SMILES string of the molecule is CCCC(C)Nc1cc(C(=O)O)ccc1F. The number of hydrogen-bond acceptors (Lipinski definition) is 2. The fourth-order valence-electron chi connectivity index (χ4n) is 1.54. The van der Waals surface area contributed by atoms with E-state index in [-0.39, 0.29) is 17.3 Å². The number of nitrogens with one attached hydrogen (secondary N) is 1. The summed E-state index contributed by atoms with van der Waals surface area (Å²) in [6.07, 6.45) is 1.91. The van der Waals surface area contributed by atoms with Crippen molar-refractivity contribution >= 4 is 11.7 Å². The molecule has 0 saturated carbocycles. The molecule has 2 N–H and O–H groups in total. The van der Waals surface area contributed by atoms with E-state index in [1.165, 1.54) is 18.2 Å². The number of benzene rings is 1. The van der Waals surface area contributed by atoms with Gasteiger partial charge in [0.1, 0.15) is 5.82 Å². The average molecular weight is 225 g/mol. The zero-order valence-corrected chi connectivity index (χ0v) is 9.46. The van der Waals surface area contributed by atoms with Crippen LogP contribution in [0.25, 0.3) is 0 Å². The lowest BCUT2D eigenvalue weighted by atomic mass is 10.1. The summed E-state index contributed by atoms with van der Waals surface area (Å²) in [7, 11) is 0. The first-order valence-electron chi connectivity index (χ1n) is 5.34. The van der Waals surface area contributed by atoms with Gasteiger partial charge in [-0.05, 0) is 31.5 Å². The third kappa shape index (κ3) is 3.22. The summed E-state index contributed by atoms with van der Waals surface area (Å²) in [5.74, 6) is -1.47. The second-order valence-corrected chi connectivity index (χ2v) is 3.83. The van der Waals surface area contributed by atoms with Crippen LogP contribution >= 0.6 is 0 Å². The smallest absolute Gasteiger partial charge is 0.335 e. The molecule has 88 valence electrons. The van der Waals surface area contributed by atoms with Crippen molar-refractivity contribution in [1.82, 2.24) is 0 Å². The van der Waals surface area contributed by atoms with E-state index in [1.54, 1.807) is 0 Å². The van der Waals surface area contributed by atoms with Crippen molar-refractivity contribution in [2.75, 3.05) is 5.32 Å². The van der Waals surface area contributed by atoms with E-state index in [4.69, 9.17) is 5.11 Å². The standard InChI is InChI=1S/C12H16FNO2/c1-3-4-8(2)14-11-7-9(12(15)16)5-6-10(11)13/h5-8,14H,3-4H2,1-2H3,(H,15,16). The van der Waals surface area contributed by atoms with E-state index < -0.39 is 11.8 Å². The quantitative estimate of drug-likeness (QED) is 0.809. The Kier molecular flexibility index (Phi) is 4.28. The lowest BCUT2D eigenvalue weighted by molar-refractivity contribution is 0.0697. The number of rotatable bonds is 5. The summed E-state index contributed by atoms with van der Waals surface area (Å²) >= 11 is 0. The minimum Gasteiger partial charge on any atom is -0.478 e. The van der Waals surface area contributed by atoms with E-state index in [0.29, 0.717) is 0 Å². The van der Waals surface area contributed by atoms with Crippen LogP contribution in [0.5, 0.6) is 0 Å². The van der Waals surface area contributed by atoms with Crippen molar-refractivity contribution in [3.8, 4) is 0 Å². The van der Waals surface area contributed by atoms with E-state index in [1.807, 2.05) is 13.8 Å². The molecule has 0 aromatic heterocycles. The molecule has 1 aromatic carbocycles. The summed E-state index contributed by atoms with van der Waals surface area (Å²) in [4.78, 5) is 10.7. The van der Waals surface area contributed by atoms with Crippen molar-refractivity contribution < 1.29 is 14.3 Å². The Morgan fingerprint density at radius 2 is 2.25 bits per heavy atom. The Bertz CT molecular complexity index is 379. The first-order valence-corrected chi connectivity index (χ1v) is 5.34. The van der Waals surface area contributed by atoms with Gasteiger partial charge in [-0.2, -0.15) is 0 Å². The fraction of sp³-hybridized carbons (Fsp3) is 0.417. The lowest BCUT2D eigenvalue weighted by Crippen LogP contribution is -2.16. The number of hydrogen-bond donors (Lipinski definition) is 2. The van der Waals surface area contributed by atoms with Crippen LogP contribution in [0, 0.1) is 5.82 Å². The van der Waals surface area contributed by atoms with Crippen molar-refractivity contribution in [2.24, 2.45) is 0 Å². The molecule has 16 heavy (non-hydrogen) atoms. The normalized spacial score (nSPS) is 12.2. The Labute approximate surface area is 94.3 Å². The van der Waals surface area contributed by atoms with Gasteiger partial charge < -0.3 is 10.4 Å². The summed E-state index contributed by atoms with van der Waals surface area (Å²) in [6, 6.07) is 3.88. The third-order valence-electron chi connectivity index (χ3n) is 2.34. The van der Waals surface area contributed by atoms with Gasteiger partial charge in [0.05, 0.1) is 11.3 Å². The van der Waals surface area contributed by atoms with E-state index in [0.717, 1.165) is 12.8 Å². The van der Waals surface area contributed by atoms with Gasteiger partial charge in [-0.3, -0.25) is 0 Å². The number of carboxylic acids is 1. The molecule has 1 atom stereocenters. The summed E-state index contributed by atoms with van der Waals surface area (Å²) in [5, 5.41) is 11.8. The predicted molar refractivity (Wildman–Crippen MR) is 61.4 cm³/mol. The predicted octanol–water partition coefficient (Wildman–Crippen LogP) is 3.12. The van der Waals surface area contributed by atoms with Crippen molar-refractivity contribution in [3.05, 3.63) is 29.6 Å². The van der Waals surface area contributed by atoms with Gasteiger partial charge in [-0.25, -0.2) is 9.18 Å². The molecule has 1 rings (SSSR count). The molecule has 0 radical (unpaired) electrons. The molecule has 0 fully saturated rings. The number of carbonyl (C=O) groups is 1. The van der Waals surface area contributed by atoms with Crippen molar-refractivity contribution in [2.45, 2.75) is 32.7 Å². The molecular formula is C12H16FNO2. The molecule has 0 saturated heterocycles. The van der Waals surface area contributed by atoms with Crippen molar-refractivity contribution in [1.29, 1.82) is 0 Å². The minimum absolute atomic E-state index is 0.0904. The summed E-state index contributed by atoms with van der Waals surface area (Å²) in [6.45, 7) is 3.98. The Balaban J connectivity index is 2.85. The first-order chi connectivity index (χ1) is 7.54. The van der Waals surface area contributed by atoms with Gasteiger partial charge in [0.2, 0.25) is 0 Å². The van der Waals surface area contributed by atoms with E-state index in [2.05, 4.69) is 5.32 Å². The number of carboxylic acid groups (broad SMARTS) is 1. The maximum absolute atomic E-state index is 13.4. The second-order valence-electron chi connectivity index (χ2n) is 3.83. The average Bonchev–Trinajstić information content (AvgIpc) is 2.21. The second kappa shape index (κ2) is 5.49. The molecule has 4 heteroatoms. The first kappa shape index (κ1) is 12.5. The molecule has 0 amide bonds. The molecule has 1 unspecified atom stereocenters. The highest BCUT2D eigenvalue weighted by Gasteiger charge is 2.10. The van der Waals surface area contributed by atoms with Gasteiger partial charge in [-0.15, -0.1) is 0 Å². The zero-order chi connectivity index (χ0) is 12.1. The summed E-state index contributed by atoms with van der Waals surface area (Å²) < 4.78 is 13.4. The maximum atomic E-state index is 13.4. The van der Waals surface area contributed by atoms with Crippen LogP contribution in [-0.2, 0) is 0 Å². The van der Waals surface area contributed by atoms with Gasteiger partial charge in [-0.1, -0.05) is 13.3 Å². The van der Waals surface area contributed by atoms with E-state index >= 15 is 0 Å². The molecule has 0 spiro atoms. The largest absolute Gasteiger partial charge is 0.478 e. The minimum atomic E-state index is -1.05. The van der Waals surface area contributed by atoms with Crippen LogP contribution < -0.4 is 5.32 Å². The van der Waals surface area contributed by atoms with E-state index in [9.17, 15) is 9.18 Å². The van der Waals surface area contributed by atoms with Gasteiger partial charge in [0.15, 0.2) is 0 Å². The van der Waals surface area contributed by atoms with Gasteiger partial charge in [0, 0.05) is 6.04 Å².